The van der Waals surface area contributed by atoms with E-state index in [-0.39, 0.29) is 5.91 Å². The van der Waals surface area contributed by atoms with Gasteiger partial charge in [-0.15, -0.1) is 11.3 Å². The van der Waals surface area contributed by atoms with Gasteiger partial charge in [0.1, 0.15) is 0 Å². The molecule has 0 bridgehead atoms. The number of halogens is 1. The third kappa shape index (κ3) is 3.43. The predicted octanol–water partition coefficient (Wildman–Crippen LogP) is 4.07. The van der Waals surface area contributed by atoms with Crippen molar-refractivity contribution in [3.63, 3.8) is 0 Å². The number of nitriles is 1. The Balaban J connectivity index is 2.28. The number of benzene rings is 1. The Kier molecular flexibility index (Phi) is 4.72. The molecule has 1 heterocycles. The highest BCUT2D eigenvalue weighted by atomic mass is 79.9. The summed E-state index contributed by atoms with van der Waals surface area (Å²) >= 11 is 4.75. The summed E-state index contributed by atoms with van der Waals surface area (Å²) in [6, 6.07) is 15.1. The van der Waals surface area contributed by atoms with Crippen molar-refractivity contribution in [2.75, 3.05) is 11.4 Å². The van der Waals surface area contributed by atoms with Crippen LogP contribution in [0, 0.1) is 11.3 Å². The minimum absolute atomic E-state index is 0.0721. The van der Waals surface area contributed by atoms with E-state index in [0.29, 0.717) is 17.8 Å². The van der Waals surface area contributed by atoms with Crippen molar-refractivity contribution < 1.29 is 4.79 Å². The first-order valence-electron chi connectivity index (χ1n) is 5.71. The number of hydrogen-bond donors (Lipinski definition) is 0. The number of rotatable bonds is 4. The fourth-order valence-electron chi connectivity index (χ4n) is 1.68. The number of para-hydroxylation sites is 1. The Morgan fingerprint density at radius 1 is 1.26 bits per heavy atom. The Morgan fingerprint density at radius 2 is 2.00 bits per heavy atom. The van der Waals surface area contributed by atoms with Gasteiger partial charge in [0, 0.05) is 12.2 Å². The van der Waals surface area contributed by atoms with Crippen molar-refractivity contribution in [1.82, 2.24) is 0 Å². The SMILES string of the molecule is N#CCCN(C(=O)c1ccc(Br)s1)c1ccccc1. The van der Waals surface area contributed by atoms with Gasteiger partial charge in [0.05, 0.1) is 21.2 Å². The summed E-state index contributed by atoms with van der Waals surface area (Å²) in [6.45, 7) is 0.398. The first-order chi connectivity index (χ1) is 9.22. The molecule has 1 aromatic carbocycles. The van der Waals surface area contributed by atoms with Gasteiger partial charge in [0.2, 0.25) is 0 Å². The van der Waals surface area contributed by atoms with Crippen LogP contribution >= 0.6 is 27.3 Å². The lowest BCUT2D eigenvalue weighted by Crippen LogP contribution is -2.31. The quantitative estimate of drug-likeness (QED) is 0.845. The average molecular weight is 335 g/mol. The molecule has 0 N–H and O–H groups in total. The highest BCUT2D eigenvalue weighted by Gasteiger charge is 2.18. The molecule has 96 valence electrons. The smallest absolute Gasteiger partial charge is 0.268 e. The second-order valence-corrected chi connectivity index (χ2v) is 6.27. The number of thiophene rings is 1. The number of anilines is 1. The zero-order valence-corrected chi connectivity index (χ0v) is 12.4. The van der Waals surface area contributed by atoms with E-state index in [1.54, 1.807) is 11.0 Å². The lowest BCUT2D eigenvalue weighted by atomic mass is 10.2. The molecule has 19 heavy (non-hydrogen) atoms. The van der Waals surface area contributed by atoms with Gasteiger partial charge in [0.15, 0.2) is 0 Å². The number of carbonyl (C=O) groups excluding carboxylic acids is 1. The van der Waals surface area contributed by atoms with Gasteiger partial charge in [-0.1, -0.05) is 18.2 Å². The predicted molar refractivity (Wildman–Crippen MR) is 80.4 cm³/mol. The fourth-order valence-corrected chi connectivity index (χ4v) is 3.01. The highest BCUT2D eigenvalue weighted by molar-refractivity contribution is 9.11. The lowest BCUT2D eigenvalue weighted by Gasteiger charge is -2.20. The van der Waals surface area contributed by atoms with Gasteiger partial charge in [-0.2, -0.15) is 5.26 Å². The molecule has 0 radical (unpaired) electrons. The molecule has 0 spiro atoms. The Hall–Kier alpha value is -1.64. The van der Waals surface area contributed by atoms with E-state index < -0.39 is 0 Å². The van der Waals surface area contributed by atoms with Crippen molar-refractivity contribution in [3.8, 4) is 6.07 Å². The second kappa shape index (κ2) is 6.50. The summed E-state index contributed by atoms with van der Waals surface area (Å²) < 4.78 is 0.921. The van der Waals surface area contributed by atoms with Gasteiger partial charge >= 0.3 is 0 Å². The number of hydrogen-bond acceptors (Lipinski definition) is 3. The third-order valence-corrected chi connectivity index (χ3v) is 4.16. The van der Waals surface area contributed by atoms with Crippen molar-refractivity contribution >= 4 is 38.9 Å². The Morgan fingerprint density at radius 3 is 2.58 bits per heavy atom. The van der Waals surface area contributed by atoms with Gasteiger partial charge in [-0.05, 0) is 40.2 Å². The molecule has 5 heteroatoms. The van der Waals surface area contributed by atoms with Crippen LogP contribution in [0.5, 0.6) is 0 Å². The van der Waals surface area contributed by atoms with Crippen LogP contribution in [0.25, 0.3) is 0 Å². The number of nitrogens with zero attached hydrogens (tertiary/aromatic N) is 2. The summed E-state index contributed by atoms with van der Waals surface area (Å²) in [4.78, 5) is 14.8. The summed E-state index contributed by atoms with van der Waals surface area (Å²) in [6.07, 6.45) is 0.313. The van der Waals surface area contributed by atoms with Crippen LogP contribution in [0.3, 0.4) is 0 Å². The normalized spacial score (nSPS) is 9.89. The van der Waals surface area contributed by atoms with Gasteiger partial charge in [0.25, 0.3) is 5.91 Å². The first-order valence-corrected chi connectivity index (χ1v) is 7.32. The van der Waals surface area contributed by atoms with E-state index in [9.17, 15) is 4.79 Å². The molecule has 0 fully saturated rings. The van der Waals surface area contributed by atoms with Crippen LogP contribution in [0.4, 0.5) is 5.69 Å². The van der Waals surface area contributed by atoms with E-state index in [0.717, 1.165) is 9.47 Å². The summed E-state index contributed by atoms with van der Waals surface area (Å²) in [5.41, 5.74) is 0.812. The molecular formula is C14H11BrN2OS. The van der Waals surface area contributed by atoms with E-state index in [4.69, 9.17) is 5.26 Å². The first kappa shape index (κ1) is 13.8. The average Bonchev–Trinajstić information content (AvgIpc) is 2.87. The fraction of sp³-hybridized carbons (Fsp3) is 0.143. The minimum Gasteiger partial charge on any atom is -0.307 e. The third-order valence-electron chi connectivity index (χ3n) is 2.54. The van der Waals surface area contributed by atoms with E-state index in [2.05, 4.69) is 22.0 Å². The van der Waals surface area contributed by atoms with Crippen LogP contribution in [-0.4, -0.2) is 12.5 Å². The number of amides is 1. The monoisotopic (exact) mass is 334 g/mol. The summed E-state index contributed by atoms with van der Waals surface area (Å²) in [5, 5.41) is 8.73. The molecule has 0 unspecified atom stereocenters. The molecule has 3 nitrogen and oxygen atoms in total. The second-order valence-electron chi connectivity index (χ2n) is 3.80. The molecular weight excluding hydrogens is 324 g/mol. The van der Waals surface area contributed by atoms with Crippen LogP contribution < -0.4 is 4.90 Å². The summed E-state index contributed by atoms with van der Waals surface area (Å²) in [7, 11) is 0. The van der Waals surface area contributed by atoms with Crippen LogP contribution in [-0.2, 0) is 0 Å². The lowest BCUT2D eigenvalue weighted by molar-refractivity contribution is 0.0991. The summed E-state index contributed by atoms with van der Waals surface area (Å²) in [5.74, 6) is -0.0721. The van der Waals surface area contributed by atoms with Crippen molar-refractivity contribution in [1.29, 1.82) is 5.26 Å². The zero-order valence-electron chi connectivity index (χ0n) is 10.0. The Labute approximate surface area is 124 Å². The van der Waals surface area contributed by atoms with E-state index >= 15 is 0 Å². The van der Waals surface area contributed by atoms with E-state index in [1.165, 1.54) is 11.3 Å². The molecule has 1 amide bonds. The molecule has 0 saturated carbocycles. The maximum Gasteiger partial charge on any atom is 0.268 e. The molecule has 2 aromatic rings. The van der Waals surface area contributed by atoms with Crippen molar-refractivity contribution in [3.05, 3.63) is 51.1 Å². The maximum absolute atomic E-state index is 12.5. The van der Waals surface area contributed by atoms with Crippen LogP contribution in [0.2, 0.25) is 0 Å². The number of carbonyl (C=O) groups is 1. The van der Waals surface area contributed by atoms with E-state index in [1.807, 2.05) is 36.4 Å². The van der Waals surface area contributed by atoms with Crippen LogP contribution in [0.1, 0.15) is 16.1 Å². The maximum atomic E-state index is 12.5. The minimum atomic E-state index is -0.0721. The molecule has 0 aliphatic heterocycles. The zero-order chi connectivity index (χ0) is 13.7. The van der Waals surface area contributed by atoms with Gasteiger partial charge in [-0.25, -0.2) is 0 Å². The van der Waals surface area contributed by atoms with Crippen molar-refractivity contribution in [2.24, 2.45) is 0 Å². The van der Waals surface area contributed by atoms with Crippen molar-refractivity contribution in [2.45, 2.75) is 6.42 Å². The molecule has 0 saturated heterocycles. The Bertz CT molecular complexity index is 603. The molecule has 1 aromatic heterocycles. The van der Waals surface area contributed by atoms with Crippen LogP contribution in [0.15, 0.2) is 46.3 Å². The topological polar surface area (TPSA) is 44.1 Å². The standard InChI is InChI=1S/C14H11BrN2OS/c15-13-8-7-12(19-13)14(18)17(10-4-9-16)11-5-2-1-3-6-11/h1-3,5-8H,4,10H2. The molecule has 0 aliphatic carbocycles. The molecule has 0 atom stereocenters. The highest BCUT2D eigenvalue weighted by Crippen LogP contribution is 2.25. The largest absolute Gasteiger partial charge is 0.307 e. The molecule has 2 rings (SSSR count). The van der Waals surface area contributed by atoms with Gasteiger partial charge in [-0.3, -0.25) is 4.79 Å². The molecule has 0 aliphatic rings. The van der Waals surface area contributed by atoms with Gasteiger partial charge < -0.3 is 4.90 Å².